The van der Waals surface area contributed by atoms with Crippen LogP contribution < -0.4 is 0 Å². The molecule has 516 valence electrons. The summed E-state index contributed by atoms with van der Waals surface area (Å²) in [6, 6.07) is 0. The average Bonchev–Trinajstić information content (AvgIpc) is 3.55. The van der Waals surface area contributed by atoms with Crippen molar-refractivity contribution in [2.24, 2.45) is 11.8 Å². The first-order valence-corrected chi connectivity index (χ1v) is 38.5. The smallest absolute Gasteiger partial charge is 0.462 e. The number of hydrogen-bond donors (Lipinski definition) is 3. The zero-order valence-corrected chi connectivity index (χ0v) is 58.1. The maximum Gasteiger partial charge on any atom is 0.472 e. The normalized spacial score (nSPS) is 14.2. The number of unbranched alkanes of at least 4 members (excludes halogenated alkanes) is 37. The van der Waals surface area contributed by atoms with E-state index in [9.17, 15) is 43.2 Å². The molecule has 87 heavy (non-hydrogen) atoms. The molecule has 5 atom stereocenters. The molecule has 0 rings (SSSR count). The molecule has 0 spiro atoms. The van der Waals surface area contributed by atoms with E-state index in [4.69, 9.17) is 37.0 Å². The van der Waals surface area contributed by atoms with Crippen LogP contribution in [0.3, 0.4) is 0 Å². The summed E-state index contributed by atoms with van der Waals surface area (Å²) in [6.07, 6.45) is 44.7. The van der Waals surface area contributed by atoms with E-state index in [1.54, 1.807) is 0 Å². The molecule has 0 radical (unpaired) electrons. The molecule has 2 unspecified atom stereocenters. The Kier molecular flexibility index (Phi) is 59.0. The number of hydrogen-bond acceptors (Lipinski definition) is 15. The van der Waals surface area contributed by atoms with Crippen LogP contribution in [0.25, 0.3) is 0 Å². The van der Waals surface area contributed by atoms with E-state index in [1.807, 2.05) is 0 Å². The third-order valence-corrected chi connectivity index (χ3v) is 17.6. The van der Waals surface area contributed by atoms with Gasteiger partial charge in [0.2, 0.25) is 0 Å². The van der Waals surface area contributed by atoms with Crippen molar-refractivity contribution in [2.45, 2.75) is 362 Å². The monoisotopic (exact) mass is 1280 g/mol. The minimum Gasteiger partial charge on any atom is -0.462 e. The Hall–Kier alpha value is -1.94. The topological polar surface area (TPSA) is 237 Å². The van der Waals surface area contributed by atoms with E-state index in [2.05, 4.69) is 41.5 Å². The molecule has 19 heteroatoms. The Morgan fingerprint density at radius 3 is 0.782 bits per heavy atom. The summed E-state index contributed by atoms with van der Waals surface area (Å²) in [5.74, 6) is -0.679. The van der Waals surface area contributed by atoms with Gasteiger partial charge in [-0.25, -0.2) is 9.13 Å². The lowest BCUT2D eigenvalue weighted by molar-refractivity contribution is -0.161. The van der Waals surface area contributed by atoms with E-state index in [-0.39, 0.29) is 25.7 Å². The number of phosphoric acid groups is 2. The second-order valence-electron chi connectivity index (χ2n) is 25.5. The molecule has 0 saturated heterocycles. The van der Waals surface area contributed by atoms with Gasteiger partial charge in [-0.05, 0) is 37.5 Å². The summed E-state index contributed by atoms with van der Waals surface area (Å²) in [7, 11) is -9.89. The maximum atomic E-state index is 13.0. The second-order valence-corrected chi connectivity index (χ2v) is 28.4. The lowest BCUT2D eigenvalue weighted by atomic mass is 10.0. The maximum absolute atomic E-state index is 13.0. The third kappa shape index (κ3) is 62.6. The predicted octanol–water partition coefficient (Wildman–Crippen LogP) is 19.2. The summed E-state index contributed by atoms with van der Waals surface area (Å²) < 4.78 is 68.1. The SMILES string of the molecule is CCCCCCCCCCCCCCCCCCCC(=O)O[C@H](COC(=O)CCCCCCCCCCCCC(C)C)COP(=O)(O)OC[C@@H](O)COP(=O)(O)OC[C@@H](COC(=O)CCCCCCCCC)OC(=O)CCCCCCCCCC(C)C. The van der Waals surface area contributed by atoms with Crippen LogP contribution in [-0.4, -0.2) is 96.7 Å². The number of rotatable bonds is 67. The van der Waals surface area contributed by atoms with Crippen molar-refractivity contribution < 1.29 is 80.2 Å². The molecule has 0 aromatic rings. The molecule has 0 aromatic heterocycles. The summed E-state index contributed by atoms with van der Waals surface area (Å²) in [4.78, 5) is 72.3. The highest BCUT2D eigenvalue weighted by Gasteiger charge is 2.30. The molecule has 0 bridgehead atoms. The Morgan fingerprint density at radius 1 is 0.310 bits per heavy atom. The fourth-order valence-electron chi connectivity index (χ4n) is 10.2. The highest BCUT2D eigenvalue weighted by Crippen LogP contribution is 2.45. The zero-order chi connectivity index (χ0) is 64.3. The van der Waals surface area contributed by atoms with Gasteiger partial charge in [-0.15, -0.1) is 0 Å². The third-order valence-electron chi connectivity index (χ3n) is 15.7. The second kappa shape index (κ2) is 60.3. The van der Waals surface area contributed by atoms with Crippen molar-refractivity contribution in [3.8, 4) is 0 Å². The number of carbonyl (C=O) groups excluding carboxylic acids is 4. The van der Waals surface area contributed by atoms with Gasteiger partial charge >= 0.3 is 39.5 Å². The fourth-order valence-corrected chi connectivity index (χ4v) is 11.8. The molecule has 0 aliphatic carbocycles. The van der Waals surface area contributed by atoms with Crippen molar-refractivity contribution in [3.05, 3.63) is 0 Å². The van der Waals surface area contributed by atoms with Crippen molar-refractivity contribution >= 4 is 39.5 Å². The summed E-state index contributed by atoms with van der Waals surface area (Å²) in [5, 5.41) is 10.6. The van der Waals surface area contributed by atoms with Crippen LogP contribution in [0, 0.1) is 11.8 Å². The zero-order valence-electron chi connectivity index (χ0n) is 56.3. The predicted molar refractivity (Wildman–Crippen MR) is 349 cm³/mol. The van der Waals surface area contributed by atoms with Crippen LogP contribution in [0.1, 0.15) is 343 Å². The van der Waals surface area contributed by atoms with E-state index in [0.29, 0.717) is 31.6 Å². The number of esters is 4. The molecular weight excluding hydrogens is 1150 g/mol. The summed E-state index contributed by atoms with van der Waals surface area (Å²) in [5.41, 5.74) is 0. The van der Waals surface area contributed by atoms with Crippen molar-refractivity contribution in [2.75, 3.05) is 39.6 Å². The van der Waals surface area contributed by atoms with Gasteiger partial charge in [0.1, 0.15) is 19.3 Å². The molecule has 0 heterocycles. The Morgan fingerprint density at radius 2 is 0.529 bits per heavy atom. The molecule has 0 saturated carbocycles. The van der Waals surface area contributed by atoms with E-state index >= 15 is 0 Å². The molecule has 0 aliphatic heterocycles. The first-order valence-electron chi connectivity index (χ1n) is 35.5. The highest BCUT2D eigenvalue weighted by molar-refractivity contribution is 7.47. The fraction of sp³-hybridized carbons (Fsp3) is 0.941. The lowest BCUT2D eigenvalue weighted by Crippen LogP contribution is -2.30. The van der Waals surface area contributed by atoms with Crippen LogP contribution >= 0.6 is 15.6 Å². The average molecular weight is 1280 g/mol. The molecule has 17 nitrogen and oxygen atoms in total. The van der Waals surface area contributed by atoms with E-state index in [0.717, 1.165) is 109 Å². The highest BCUT2D eigenvalue weighted by atomic mass is 31.2. The van der Waals surface area contributed by atoms with Gasteiger partial charge in [0.05, 0.1) is 26.4 Å². The summed E-state index contributed by atoms with van der Waals surface area (Å²) >= 11 is 0. The Bertz CT molecular complexity index is 1700. The number of ether oxygens (including phenoxy) is 4. The number of carbonyl (C=O) groups is 4. The number of aliphatic hydroxyl groups is 1. The minimum atomic E-state index is -4.95. The Balaban J connectivity index is 5.20. The quantitative estimate of drug-likeness (QED) is 0.0222. The number of phosphoric ester groups is 2. The van der Waals surface area contributed by atoms with Crippen LogP contribution in [0.2, 0.25) is 0 Å². The van der Waals surface area contributed by atoms with Crippen LogP contribution in [0.5, 0.6) is 0 Å². The molecule has 0 amide bonds. The molecular formula is C68H132O17P2. The van der Waals surface area contributed by atoms with Crippen LogP contribution in [0.15, 0.2) is 0 Å². The number of aliphatic hydroxyl groups excluding tert-OH is 1. The van der Waals surface area contributed by atoms with E-state index in [1.165, 1.54) is 148 Å². The van der Waals surface area contributed by atoms with Gasteiger partial charge in [-0.2, -0.15) is 0 Å². The largest absolute Gasteiger partial charge is 0.472 e. The molecule has 3 N–H and O–H groups in total. The van der Waals surface area contributed by atoms with Gasteiger partial charge in [-0.1, -0.05) is 292 Å². The van der Waals surface area contributed by atoms with Crippen LogP contribution in [-0.2, 0) is 65.4 Å². The van der Waals surface area contributed by atoms with E-state index < -0.39 is 97.5 Å². The van der Waals surface area contributed by atoms with Gasteiger partial charge in [0.25, 0.3) is 0 Å². The van der Waals surface area contributed by atoms with Crippen molar-refractivity contribution in [1.82, 2.24) is 0 Å². The lowest BCUT2D eigenvalue weighted by Gasteiger charge is -2.21. The summed E-state index contributed by atoms with van der Waals surface area (Å²) in [6.45, 7) is 9.42. The van der Waals surface area contributed by atoms with Gasteiger partial charge in [-0.3, -0.25) is 37.3 Å². The standard InChI is InChI=1S/C68H132O17P2/c1-7-9-11-13-15-16-17-18-19-20-21-22-23-28-34-40-46-52-67(72)84-64(57-79-66(71)51-45-39-33-27-25-24-26-31-36-42-48-60(3)4)59-83-87(76,77)81-55-62(69)54-80-86(74,75)82-58-63(56-78-65(70)50-44-38-30-14-12-10-8-2)85-68(73)53-47-41-35-29-32-37-43-49-61(5)6/h60-64,69H,7-59H2,1-6H3,(H,74,75)(H,76,77)/t62-,63+,64+/m0/s1. The van der Waals surface area contributed by atoms with Crippen LogP contribution in [0.4, 0.5) is 0 Å². The van der Waals surface area contributed by atoms with Crippen molar-refractivity contribution in [1.29, 1.82) is 0 Å². The first kappa shape index (κ1) is 85.1. The molecule has 0 aliphatic rings. The molecule has 0 fully saturated rings. The van der Waals surface area contributed by atoms with Gasteiger partial charge in [0, 0.05) is 25.7 Å². The van der Waals surface area contributed by atoms with Crippen molar-refractivity contribution in [3.63, 3.8) is 0 Å². The Labute approximate surface area is 530 Å². The first-order chi connectivity index (χ1) is 41.9. The van der Waals surface area contributed by atoms with Gasteiger partial charge in [0.15, 0.2) is 12.2 Å². The molecule has 0 aromatic carbocycles. The minimum absolute atomic E-state index is 0.103. The van der Waals surface area contributed by atoms with Gasteiger partial charge < -0.3 is 33.8 Å².